The van der Waals surface area contributed by atoms with E-state index in [2.05, 4.69) is 24.9 Å². The van der Waals surface area contributed by atoms with Crippen LogP contribution in [0, 0.1) is 5.41 Å². The topological polar surface area (TPSA) is 48.1 Å². The number of ether oxygens (including phenoxy) is 1. The molecule has 0 saturated heterocycles. The van der Waals surface area contributed by atoms with Crippen molar-refractivity contribution in [1.82, 2.24) is 4.98 Å². The van der Waals surface area contributed by atoms with Gasteiger partial charge in [-0.3, -0.25) is 4.98 Å². The van der Waals surface area contributed by atoms with E-state index < -0.39 is 0 Å². The maximum absolute atomic E-state index is 6.71. The van der Waals surface area contributed by atoms with Gasteiger partial charge in [0, 0.05) is 11.7 Å². The van der Waals surface area contributed by atoms with Crippen LogP contribution in [0.15, 0.2) is 18.5 Å². The molecular formula is C17H28N2O. The van der Waals surface area contributed by atoms with Gasteiger partial charge in [-0.1, -0.05) is 20.3 Å². The van der Waals surface area contributed by atoms with Crippen LogP contribution in [-0.2, 0) is 5.54 Å². The molecule has 0 radical (unpaired) electrons. The standard InChI is InChI=1S/C17H28N2O/c1-13(2)20-15-10-14(11-19-12-15)17(18)7-5-6-16(3,4)8-9-17/h10-13H,5-9,18H2,1-4H3. The van der Waals surface area contributed by atoms with Crippen LogP contribution in [0.4, 0.5) is 0 Å². The molecule has 0 spiro atoms. The number of nitrogens with zero attached hydrogens (tertiary/aromatic N) is 1. The zero-order valence-corrected chi connectivity index (χ0v) is 13.3. The molecule has 1 aliphatic rings. The number of nitrogens with two attached hydrogens (primary N) is 1. The van der Waals surface area contributed by atoms with Gasteiger partial charge in [0.15, 0.2) is 0 Å². The Balaban J connectivity index is 2.21. The minimum atomic E-state index is -0.253. The Bertz CT molecular complexity index is 456. The molecule has 1 saturated carbocycles. The molecule has 1 unspecified atom stereocenters. The lowest BCUT2D eigenvalue weighted by Crippen LogP contribution is -2.36. The third-order valence-corrected chi connectivity index (χ3v) is 4.38. The second-order valence-electron chi connectivity index (χ2n) is 7.25. The highest BCUT2D eigenvalue weighted by atomic mass is 16.5. The fourth-order valence-corrected chi connectivity index (χ4v) is 3.01. The van der Waals surface area contributed by atoms with Crippen molar-refractivity contribution in [3.8, 4) is 5.75 Å². The van der Waals surface area contributed by atoms with Crippen molar-refractivity contribution in [2.45, 2.75) is 71.4 Å². The summed E-state index contributed by atoms with van der Waals surface area (Å²) < 4.78 is 5.74. The van der Waals surface area contributed by atoms with Crippen LogP contribution in [-0.4, -0.2) is 11.1 Å². The molecule has 1 fully saturated rings. The van der Waals surface area contributed by atoms with Gasteiger partial charge in [0.25, 0.3) is 0 Å². The molecule has 1 atom stereocenters. The fraction of sp³-hybridized carbons (Fsp3) is 0.706. The predicted octanol–water partition coefficient (Wildman–Crippen LogP) is 4.01. The second-order valence-corrected chi connectivity index (χ2v) is 7.25. The molecule has 0 aliphatic heterocycles. The van der Waals surface area contributed by atoms with Gasteiger partial charge < -0.3 is 10.5 Å². The first-order valence-electron chi connectivity index (χ1n) is 7.72. The van der Waals surface area contributed by atoms with E-state index in [1.807, 2.05) is 20.0 Å². The average Bonchev–Trinajstić information content (AvgIpc) is 2.49. The second kappa shape index (κ2) is 5.72. The van der Waals surface area contributed by atoms with Crippen LogP contribution in [0.25, 0.3) is 0 Å². The van der Waals surface area contributed by atoms with E-state index in [-0.39, 0.29) is 11.6 Å². The molecule has 1 aromatic heterocycles. The van der Waals surface area contributed by atoms with Gasteiger partial charge in [0.2, 0.25) is 0 Å². The van der Waals surface area contributed by atoms with Gasteiger partial charge >= 0.3 is 0 Å². The summed E-state index contributed by atoms with van der Waals surface area (Å²) in [4.78, 5) is 4.32. The van der Waals surface area contributed by atoms with E-state index >= 15 is 0 Å². The zero-order chi connectivity index (χ0) is 14.8. The number of pyridine rings is 1. The Kier molecular flexibility index (Phi) is 4.38. The molecule has 3 nitrogen and oxygen atoms in total. The summed E-state index contributed by atoms with van der Waals surface area (Å²) >= 11 is 0. The molecule has 0 amide bonds. The highest BCUT2D eigenvalue weighted by molar-refractivity contribution is 5.29. The van der Waals surface area contributed by atoms with E-state index in [1.54, 1.807) is 6.20 Å². The lowest BCUT2D eigenvalue weighted by Gasteiger charge is -2.30. The van der Waals surface area contributed by atoms with E-state index in [0.29, 0.717) is 5.41 Å². The van der Waals surface area contributed by atoms with E-state index in [4.69, 9.17) is 10.5 Å². The van der Waals surface area contributed by atoms with Crippen molar-refractivity contribution in [2.24, 2.45) is 11.1 Å². The predicted molar refractivity (Wildman–Crippen MR) is 82.7 cm³/mol. The SMILES string of the molecule is CC(C)Oc1cncc(C2(N)CCCC(C)(C)CC2)c1. The Morgan fingerprint density at radius 1 is 1.15 bits per heavy atom. The van der Waals surface area contributed by atoms with Crippen molar-refractivity contribution >= 4 is 0 Å². The summed E-state index contributed by atoms with van der Waals surface area (Å²) in [7, 11) is 0. The van der Waals surface area contributed by atoms with Crippen molar-refractivity contribution < 1.29 is 4.74 Å². The van der Waals surface area contributed by atoms with Crippen molar-refractivity contribution in [2.75, 3.05) is 0 Å². The number of aromatic nitrogens is 1. The molecule has 1 aliphatic carbocycles. The highest BCUT2D eigenvalue weighted by Gasteiger charge is 2.34. The van der Waals surface area contributed by atoms with Gasteiger partial charge in [0.05, 0.1) is 12.3 Å². The molecular weight excluding hydrogens is 248 g/mol. The molecule has 1 aromatic rings. The molecule has 2 N–H and O–H groups in total. The normalized spacial score (nSPS) is 26.3. The smallest absolute Gasteiger partial charge is 0.138 e. The Morgan fingerprint density at radius 2 is 1.90 bits per heavy atom. The van der Waals surface area contributed by atoms with Gasteiger partial charge in [-0.2, -0.15) is 0 Å². The molecule has 20 heavy (non-hydrogen) atoms. The third-order valence-electron chi connectivity index (χ3n) is 4.38. The Labute approximate surface area is 122 Å². The first-order valence-corrected chi connectivity index (χ1v) is 7.72. The molecule has 0 bridgehead atoms. The molecule has 112 valence electrons. The minimum absolute atomic E-state index is 0.161. The van der Waals surface area contributed by atoms with E-state index in [1.165, 1.54) is 19.3 Å². The third kappa shape index (κ3) is 3.72. The number of hydrogen-bond acceptors (Lipinski definition) is 3. The minimum Gasteiger partial charge on any atom is -0.489 e. The highest BCUT2D eigenvalue weighted by Crippen LogP contribution is 2.41. The first-order chi connectivity index (χ1) is 9.31. The largest absolute Gasteiger partial charge is 0.489 e. The molecule has 1 heterocycles. The maximum atomic E-state index is 6.71. The van der Waals surface area contributed by atoms with Crippen LogP contribution >= 0.6 is 0 Å². The average molecular weight is 276 g/mol. The lowest BCUT2D eigenvalue weighted by molar-refractivity contribution is 0.240. The molecule has 3 heteroatoms. The monoisotopic (exact) mass is 276 g/mol. The zero-order valence-electron chi connectivity index (χ0n) is 13.3. The van der Waals surface area contributed by atoms with Gasteiger partial charge in [-0.25, -0.2) is 0 Å². The summed E-state index contributed by atoms with van der Waals surface area (Å²) in [6, 6.07) is 2.07. The van der Waals surface area contributed by atoms with E-state index in [9.17, 15) is 0 Å². The Morgan fingerprint density at radius 3 is 2.60 bits per heavy atom. The first kappa shape index (κ1) is 15.3. The maximum Gasteiger partial charge on any atom is 0.138 e. The van der Waals surface area contributed by atoms with Gasteiger partial charge in [-0.05, 0) is 56.6 Å². The summed E-state index contributed by atoms with van der Waals surface area (Å²) in [6.07, 6.45) is 9.49. The van der Waals surface area contributed by atoms with Crippen molar-refractivity contribution in [3.63, 3.8) is 0 Å². The van der Waals surface area contributed by atoms with E-state index in [0.717, 1.165) is 24.2 Å². The van der Waals surface area contributed by atoms with Crippen LogP contribution in [0.1, 0.15) is 65.4 Å². The fourth-order valence-electron chi connectivity index (χ4n) is 3.01. The lowest BCUT2D eigenvalue weighted by atomic mass is 9.81. The number of hydrogen-bond donors (Lipinski definition) is 1. The molecule has 2 rings (SSSR count). The summed E-state index contributed by atoms with van der Waals surface area (Å²) in [5.74, 6) is 0.825. The van der Waals surface area contributed by atoms with Crippen LogP contribution in [0.2, 0.25) is 0 Å². The van der Waals surface area contributed by atoms with Crippen LogP contribution < -0.4 is 10.5 Å². The Hall–Kier alpha value is -1.09. The summed E-state index contributed by atoms with van der Waals surface area (Å²) in [5, 5.41) is 0. The van der Waals surface area contributed by atoms with Crippen molar-refractivity contribution in [3.05, 3.63) is 24.0 Å². The van der Waals surface area contributed by atoms with Crippen LogP contribution in [0.5, 0.6) is 5.75 Å². The summed E-state index contributed by atoms with van der Waals surface area (Å²) in [6.45, 7) is 8.74. The molecule has 0 aromatic carbocycles. The van der Waals surface area contributed by atoms with Crippen LogP contribution in [0.3, 0.4) is 0 Å². The van der Waals surface area contributed by atoms with Gasteiger partial charge in [-0.15, -0.1) is 0 Å². The van der Waals surface area contributed by atoms with Crippen molar-refractivity contribution in [1.29, 1.82) is 0 Å². The number of rotatable bonds is 3. The quantitative estimate of drug-likeness (QED) is 0.848. The van der Waals surface area contributed by atoms with Gasteiger partial charge in [0.1, 0.15) is 5.75 Å². The summed E-state index contributed by atoms with van der Waals surface area (Å²) in [5.41, 5.74) is 7.97.